The first-order valence-electron chi connectivity index (χ1n) is 10.2. The van der Waals surface area contributed by atoms with Crippen molar-refractivity contribution in [3.63, 3.8) is 0 Å². The number of nitrogens with one attached hydrogen (secondary N) is 1. The molecule has 0 aromatic heterocycles. The van der Waals surface area contributed by atoms with E-state index in [0.717, 1.165) is 25.8 Å². The summed E-state index contributed by atoms with van der Waals surface area (Å²) in [6.45, 7) is 6.24. The molecule has 0 spiro atoms. The van der Waals surface area contributed by atoms with Crippen molar-refractivity contribution in [3.8, 4) is 0 Å². The van der Waals surface area contributed by atoms with Crippen molar-refractivity contribution in [3.05, 3.63) is 23.8 Å². The number of anilines is 2. The van der Waals surface area contributed by atoms with Crippen molar-refractivity contribution in [1.82, 2.24) is 10.3 Å². The molecular weight excluding hydrogens is 340 g/mol. The normalized spacial score (nSPS) is 24.1. The second-order valence-electron chi connectivity index (χ2n) is 8.27. The molecule has 3 rings (SSSR count). The Morgan fingerprint density at radius 1 is 1.30 bits per heavy atom. The predicted octanol–water partition coefficient (Wildman–Crippen LogP) is 4.02. The van der Waals surface area contributed by atoms with E-state index >= 15 is 0 Å². The van der Waals surface area contributed by atoms with Gasteiger partial charge in [0, 0.05) is 31.2 Å². The van der Waals surface area contributed by atoms with Crippen LogP contribution >= 0.6 is 0 Å². The summed E-state index contributed by atoms with van der Waals surface area (Å²) in [6.07, 6.45) is 6.27. The Kier molecular flexibility index (Phi) is 5.96. The smallest absolute Gasteiger partial charge is 0.426 e. The zero-order valence-electron chi connectivity index (χ0n) is 17.2. The van der Waals surface area contributed by atoms with E-state index < -0.39 is 6.09 Å². The monoisotopic (exact) mass is 374 g/mol. The van der Waals surface area contributed by atoms with Gasteiger partial charge < -0.3 is 10.0 Å². The molecular formula is C21H34N4O2. The Balaban J connectivity index is 1.75. The molecule has 0 radical (unpaired) electrons. The average Bonchev–Trinajstić information content (AvgIpc) is 3.06. The summed E-state index contributed by atoms with van der Waals surface area (Å²) >= 11 is 0. The van der Waals surface area contributed by atoms with Crippen LogP contribution in [0.5, 0.6) is 0 Å². The van der Waals surface area contributed by atoms with Gasteiger partial charge in [0.1, 0.15) is 0 Å². The topological polar surface area (TPSA) is 59.1 Å². The minimum Gasteiger partial charge on any atom is -0.464 e. The molecule has 150 valence electrons. The van der Waals surface area contributed by atoms with Crippen LogP contribution in [-0.4, -0.2) is 49.5 Å². The molecule has 2 aliphatic rings. The van der Waals surface area contributed by atoms with Gasteiger partial charge in [-0.25, -0.2) is 15.2 Å². The lowest BCUT2D eigenvalue weighted by Gasteiger charge is -2.32. The van der Waals surface area contributed by atoms with Crippen LogP contribution in [0.2, 0.25) is 0 Å². The van der Waals surface area contributed by atoms with Crippen LogP contribution in [0.3, 0.4) is 0 Å². The van der Waals surface area contributed by atoms with E-state index in [1.165, 1.54) is 35.5 Å². The lowest BCUT2D eigenvalue weighted by Crippen LogP contribution is -2.45. The molecule has 1 amide bonds. The Hall–Kier alpha value is -1.79. The largest absolute Gasteiger partial charge is 0.464 e. The maximum Gasteiger partial charge on any atom is 0.426 e. The number of carboxylic acid groups (broad SMARTS) is 1. The van der Waals surface area contributed by atoms with Gasteiger partial charge in [-0.05, 0) is 43.7 Å². The summed E-state index contributed by atoms with van der Waals surface area (Å²) < 4.78 is 0. The number of rotatable bonds is 8. The molecule has 2 atom stereocenters. The second-order valence-corrected chi connectivity index (χ2v) is 8.27. The van der Waals surface area contributed by atoms with Gasteiger partial charge >= 0.3 is 6.09 Å². The maximum atomic E-state index is 11.8. The number of likely N-dealkylation sites (tertiary alicyclic amines) is 1. The van der Waals surface area contributed by atoms with E-state index in [9.17, 15) is 9.90 Å². The van der Waals surface area contributed by atoms with Gasteiger partial charge in [-0.3, -0.25) is 4.90 Å². The summed E-state index contributed by atoms with van der Waals surface area (Å²) in [4.78, 5) is 16.6. The predicted molar refractivity (Wildman–Crippen MR) is 110 cm³/mol. The number of fused-ring (bicyclic) bond motifs is 3. The maximum absolute atomic E-state index is 11.8. The third-order valence-electron chi connectivity index (χ3n) is 6.31. The van der Waals surface area contributed by atoms with Crippen LogP contribution in [0.4, 0.5) is 16.2 Å². The number of amides is 1. The first kappa shape index (κ1) is 20.0. The number of likely N-dealkylation sites (N-methyl/N-ethyl adjacent to an activating group) is 2. The Bertz CT molecular complexity index is 680. The fourth-order valence-electron chi connectivity index (χ4n) is 4.89. The molecule has 6 nitrogen and oxygen atoms in total. The van der Waals surface area contributed by atoms with E-state index in [-0.39, 0.29) is 5.41 Å². The molecule has 0 aliphatic carbocycles. The van der Waals surface area contributed by atoms with Gasteiger partial charge in [0.15, 0.2) is 0 Å². The summed E-state index contributed by atoms with van der Waals surface area (Å²) in [6, 6.07) is 6.06. The highest BCUT2D eigenvalue weighted by Crippen LogP contribution is 2.51. The van der Waals surface area contributed by atoms with Crippen molar-refractivity contribution in [2.45, 2.75) is 64.0 Å². The highest BCUT2D eigenvalue weighted by atomic mass is 16.4. The molecule has 27 heavy (non-hydrogen) atoms. The van der Waals surface area contributed by atoms with Crippen LogP contribution < -0.4 is 15.3 Å². The molecule has 0 bridgehead atoms. The van der Waals surface area contributed by atoms with Crippen molar-refractivity contribution in [2.75, 3.05) is 37.1 Å². The molecule has 0 unspecified atom stereocenters. The number of hydrogen-bond donors (Lipinski definition) is 2. The van der Waals surface area contributed by atoms with Crippen LogP contribution in [0.1, 0.15) is 57.9 Å². The Labute approximate surface area is 163 Å². The SMILES string of the molecule is CCCCCCCNN(C(=O)O)c1ccc2c(c1)[C@]1(C)CCN(C)[C@@H]1N2C. The number of benzene rings is 1. The molecule has 2 heterocycles. The molecule has 1 fully saturated rings. The van der Waals surface area contributed by atoms with Gasteiger partial charge in [0.05, 0.1) is 11.9 Å². The standard InChI is InChI=1S/C21H34N4O2/c1-5-6-7-8-9-13-22-25(20(26)27)16-10-11-18-17(15-16)21(2)12-14-23(3)19(21)24(18)4/h10-11,15,19,22H,5-9,12-14H2,1-4H3,(H,26,27)/t19-,21+/m1/s1. The van der Waals surface area contributed by atoms with Crippen LogP contribution in [0.25, 0.3) is 0 Å². The first-order chi connectivity index (χ1) is 12.9. The van der Waals surface area contributed by atoms with Gasteiger partial charge in [0.25, 0.3) is 0 Å². The van der Waals surface area contributed by atoms with Crippen LogP contribution in [0.15, 0.2) is 18.2 Å². The summed E-state index contributed by atoms with van der Waals surface area (Å²) in [5.74, 6) is 0. The molecule has 2 aliphatic heterocycles. The quantitative estimate of drug-likeness (QED) is 0.532. The van der Waals surface area contributed by atoms with E-state index in [4.69, 9.17) is 0 Å². The fraction of sp³-hybridized carbons (Fsp3) is 0.667. The van der Waals surface area contributed by atoms with E-state index in [1.807, 2.05) is 6.07 Å². The van der Waals surface area contributed by atoms with E-state index in [0.29, 0.717) is 18.4 Å². The van der Waals surface area contributed by atoms with Crippen molar-refractivity contribution in [2.24, 2.45) is 0 Å². The molecule has 0 saturated carbocycles. The number of carbonyl (C=O) groups is 1. The second kappa shape index (κ2) is 8.07. The molecule has 1 aromatic carbocycles. The Morgan fingerprint density at radius 3 is 2.74 bits per heavy atom. The minimum atomic E-state index is -0.958. The molecule has 2 N–H and O–H groups in total. The van der Waals surface area contributed by atoms with Crippen molar-refractivity contribution in [1.29, 1.82) is 0 Å². The van der Waals surface area contributed by atoms with Crippen LogP contribution in [-0.2, 0) is 5.41 Å². The molecule has 6 heteroatoms. The summed E-state index contributed by atoms with van der Waals surface area (Å²) in [5, 5.41) is 11.0. The van der Waals surface area contributed by atoms with Crippen molar-refractivity contribution >= 4 is 17.5 Å². The van der Waals surface area contributed by atoms with Gasteiger partial charge in [-0.15, -0.1) is 0 Å². The average molecular weight is 375 g/mol. The first-order valence-corrected chi connectivity index (χ1v) is 10.2. The van der Waals surface area contributed by atoms with Crippen LogP contribution in [0, 0.1) is 0 Å². The number of unbranched alkanes of at least 4 members (excludes halogenated alkanes) is 4. The number of nitrogens with zero attached hydrogens (tertiary/aromatic N) is 3. The van der Waals surface area contributed by atoms with Gasteiger partial charge in [-0.2, -0.15) is 0 Å². The highest BCUT2D eigenvalue weighted by molar-refractivity contribution is 5.86. The highest BCUT2D eigenvalue weighted by Gasteiger charge is 2.52. The van der Waals surface area contributed by atoms with E-state index in [1.54, 1.807) is 0 Å². The lowest BCUT2D eigenvalue weighted by molar-refractivity contribution is 0.198. The molecule has 1 saturated heterocycles. The summed E-state index contributed by atoms with van der Waals surface area (Å²) in [7, 11) is 4.31. The lowest BCUT2D eigenvalue weighted by atomic mass is 9.81. The zero-order chi connectivity index (χ0) is 19.6. The van der Waals surface area contributed by atoms with Gasteiger partial charge in [-0.1, -0.05) is 39.5 Å². The third kappa shape index (κ3) is 3.65. The summed E-state index contributed by atoms with van der Waals surface area (Å²) in [5.41, 5.74) is 6.32. The van der Waals surface area contributed by atoms with E-state index in [2.05, 4.69) is 55.3 Å². The Morgan fingerprint density at radius 2 is 2.04 bits per heavy atom. The van der Waals surface area contributed by atoms with Gasteiger partial charge in [0.2, 0.25) is 0 Å². The third-order valence-corrected chi connectivity index (χ3v) is 6.31. The fourth-order valence-corrected chi connectivity index (χ4v) is 4.89. The minimum absolute atomic E-state index is 0.0408. The number of hydrogen-bond acceptors (Lipinski definition) is 4. The van der Waals surface area contributed by atoms with Crippen molar-refractivity contribution < 1.29 is 9.90 Å². The molecule has 1 aromatic rings. The number of hydrazine groups is 1. The zero-order valence-corrected chi connectivity index (χ0v) is 17.2.